The van der Waals surface area contributed by atoms with Crippen LogP contribution in [0.15, 0.2) is 48.5 Å². The molecular weight excluding hydrogens is 349 g/mol. The minimum atomic E-state index is -0.551. The van der Waals surface area contributed by atoms with Crippen molar-refractivity contribution >= 4 is 17.5 Å². The molecule has 3 rings (SSSR count). The summed E-state index contributed by atoms with van der Waals surface area (Å²) in [6.45, 7) is 2.35. The quantitative estimate of drug-likeness (QED) is 0.783. The van der Waals surface area contributed by atoms with E-state index in [2.05, 4.69) is 5.32 Å². The summed E-state index contributed by atoms with van der Waals surface area (Å²) in [6.07, 6.45) is 0.663. The van der Waals surface area contributed by atoms with E-state index in [9.17, 15) is 14.0 Å². The first-order valence-electron chi connectivity index (χ1n) is 8.77. The van der Waals surface area contributed by atoms with Crippen molar-refractivity contribution in [1.29, 1.82) is 0 Å². The van der Waals surface area contributed by atoms with Gasteiger partial charge in [0.1, 0.15) is 17.6 Å². The number of nitrogens with two attached hydrogens (primary N) is 1. The van der Waals surface area contributed by atoms with Crippen molar-refractivity contribution < 1.29 is 18.7 Å². The Hall–Kier alpha value is -3.09. The number of halogens is 1. The van der Waals surface area contributed by atoms with Crippen LogP contribution >= 0.6 is 0 Å². The Morgan fingerprint density at radius 3 is 2.78 bits per heavy atom. The molecule has 1 aliphatic rings. The molecule has 2 aromatic rings. The Morgan fingerprint density at radius 2 is 2.07 bits per heavy atom. The first kappa shape index (κ1) is 18.7. The van der Waals surface area contributed by atoms with Gasteiger partial charge in [-0.2, -0.15) is 0 Å². The van der Waals surface area contributed by atoms with Gasteiger partial charge >= 0.3 is 0 Å². The summed E-state index contributed by atoms with van der Waals surface area (Å²) in [5.74, 6) is -0.350. The molecule has 142 valence electrons. The van der Waals surface area contributed by atoms with Crippen molar-refractivity contribution in [3.8, 4) is 5.75 Å². The highest BCUT2D eigenvalue weighted by Gasteiger charge is 2.34. The number of benzene rings is 2. The third-order valence-corrected chi connectivity index (χ3v) is 4.62. The van der Waals surface area contributed by atoms with Crippen LogP contribution in [0, 0.1) is 5.82 Å². The van der Waals surface area contributed by atoms with Gasteiger partial charge in [0.25, 0.3) is 5.91 Å². The highest BCUT2D eigenvalue weighted by Crippen LogP contribution is 2.28. The molecule has 27 heavy (non-hydrogen) atoms. The average Bonchev–Trinajstić information content (AvgIpc) is 3.01. The van der Waals surface area contributed by atoms with E-state index in [1.165, 1.54) is 12.1 Å². The second-order valence-corrected chi connectivity index (χ2v) is 6.53. The molecule has 0 bridgehead atoms. The Morgan fingerprint density at radius 1 is 1.33 bits per heavy atom. The molecule has 6 nitrogen and oxygen atoms in total. The summed E-state index contributed by atoms with van der Waals surface area (Å²) in [4.78, 5) is 25.4. The zero-order valence-corrected chi connectivity index (χ0v) is 15.0. The number of primary amides is 1. The van der Waals surface area contributed by atoms with Crippen LogP contribution in [0.3, 0.4) is 0 Å². The van der Waals surface area contributed by atoms with E-state index in [4.69, 9.17) is 10.5 Å². The number of rotatable bonds is 7. The molecule has 7 heteroatoms. The second-order valence-electron chi connectivity index (χ2n) is 6.53. The van der Waals surface area contributed by atoms with Crippen molar-refractivity contribution in [3.63, 3.8) is 0 Å². The maximum atomic E-state index is 13.1. The molecule has 3 N–H and O–H groups in total. The number of carbonyl (C=O) groups is 2. The fraction of sp³-hybridized carbons (Fsp3) is 0.300. The van der Waals surface area contributed by atoms with Gasteiger partial charge < -0.3 is 20.7 Å². The largest absolute Gasteiger partial charge is 0.484 e. The summed E-state index contributed by atoms with van der Waals surface area (Å²) in [5, 5.41) is 3.22. The van der Waals surface area contributed by atoms with Crippen LogP contribution in [-0.4, -0.2) is 35.9 Å². The predicted octanol–water partition coefficient (Wildman–Crippen LogP) is 2.46. The maximum absolute atomic E-state index is 13.1. The molecule has 2 atom stereocenters. The van der Waals surface area contributed by atoms with Crippen LogP contribution in [0.5, 0.6) is 5.75 Å². The number of hydrogen-bond donors (Lipinski definition) is 2. The number of nitrogens with zero attached hydrogens (tertiary/aromatic N) is 1. The first-order chi connectivity index (χ1) is 12.9. The van der Waals surface area contributed by atoms with Crippen molar-refractivity contribution in [2.24, 2.45) is 5.73 Å². The predicted molar refractivity (Wildman–Crippen MR) is 99.7 cm³/mol. The number of ether oxygens (including phenoxy) is 1. The summed E-state index contributed by atoms with van der Waals surface area (Å²) >= 11 is 0. The highest BCUT2D eigenvalue weighted by atomic mass is 19.1. The topological polar surface area (TPSA) is 84.7 Å². The maximum Gasteiger partial charge on any atom is 0.255 e. The van der Waals surface area contributed by atoms with E-state index < -0.39 is 5.91 Å². The van der Waals surface area contributed by atoms with Crippen LogP contribution in [0.1, 0.15) is 24.9 Å². The van der Waals surface area contributed by atoms with Gasteiger partial charge in [-0.25, -0.2) is 4.39 Å². The minimum absolute atomic E-state index is 0.00437. The number of hydrogen-bond acceptors (Lipinski definition) is 4. The van der Waals surface area contributed by atoms with Gasteiger partial charge in [-0.1, -0.05) is 18.2 Å². The Labute approximate surface area is 157 Å². The van der Waals surface area contributed by atoms with Crippen molar-refractivity contribution in [3.05, 3.63) is 59.9 Å². The molecule has 1 heterocycles. The lowest BCUT2D eigenvalue weighted by molar-refractivity contribution is -0.130. The van der Waals surface area contributed by atoms with Gasteiger partial charge in [-0.3, -0.25) is 9.59 Å². The van der Waals surface area contributed by atoms with E-state index in [-0.39, 0.29) is 30.4 Å². The SMILES string of the molecule is CC(c1ccc(F)cc1)N1CCC(Nc2cccc(OCC(N)=O)c2)C1=O. The highest BCUT2D eigenvalue weighted by molar-refractivity contribution is 5.87. The first-order valence-corrected chi connectivity index (χ1v) is 8.77. The fourth-order valence-electron chi connectivity index (χ4n) is 3.17. The molecule has 0 aliphatic carbocycles. The molecule has 2 amide bonds. The zero-order chi connectivity index (χ0) is 19.4. The zero-order valence-electron chi connectivity index (χ0n) is 15.0. The molecule has 0 radical (unpaired) electrons. The van der Waals surface area contributed by atoms with Crippen molar-refractivity contribution in [2.45, 2.75) is 25.4 Å². The van der Waals surface area contributed by atoms with Crippen LogP contribution in [-0.2, 0) is 9.59 Å². The van der Waals surface area contributed by atoms with Crippen LogP contribution in [0.25, 0.3) is 0 Å². The number of likely N-dealkylation sites (tertiary alicyclic amines) is 1. The van der Waals surface area contributed by atoms with E-state index in [1.807, 2.05) is 13.0 Å². The molecule has 2 aromatic carbocycles. The van der Waals surface area contributed by atoms with E-state index in [1.54, 1.807) is 35.2 Å². The molecule has 2 unspecified atom stereocenters. The van der Waals surface area contributed by atoms with E-state index in [0.717, 1.165) is 11.3 Å². The molecule has 0 saturated carbocycles. The normalized spacial score (nSPS) is 17.6. The Kier molecular flexibility index (Phi) is 5.59. The summed E-state index contributed by atoms with van der Waals surface area (Å²) in [6, 6.07) is 12.8. The Balaban J connectivity index is 1.64. The van der Waals surface area contributed by atoms with Gasteiger partial charge in [-0.05, 0) is 43.2 Å². The molecule has 1 aliphatic heterocycles. The van der Waals surface area contributed by atoms with Crippen LogP contribution in [0.4, 0.5) is 10.1 Å². The van der Waals surface area contributed by atoms with Gasteiger partial charge in [0.2, 0.25) is 5.91 Å². The van der Waals surface area contributed by atoms with E-state index >= 15 is 0 Å². The summed E-state index contributed by atoms with van der Waals surface area (Å²) in [5.41, 5.74) is 6.70. The standard InChI is InChI=1S/C20H22FN3O3/c1-13(14-5-7-15(21)8-6-14)24-10-9-18(20(24)26)23-16-3-2-4-17(11-16)27-12-19(22)25/h2-8,11,13,18,23H,9-10,12H2,1H3,(H2,22,25). The summed E-state index contributed by atoms with van der Waals surface area (Å²) in [7, 11) is 0. The molecule has 0 spiro atoms. The van der Waals surface area contributed by atoms with E-state index in [0.29, 0.717) is 18.7 Å². The number of anilines is 1. The van der Waals surface area contributed by atoms with Gasteiger partial charge in [0, 0.05) is 18.3 Å². The lowest BCUT2D eigenvalue weighted by Gasteiger charge is -2.25. The molecule has 1 fully saturated rings. The van der Waals surface area contributed by atoms with Gasteiger partial charge in [-0.15, -0.1) is 0 Å². The lowest BCUT2D eigenvalue weighted by atomic mass is 10.1. The number of nitrogens with one attached hydrogen (secondary N) is 1. The molecule has 1 saturated heterocycles. The van der Waals surface area contributed by atoms with Gasteiger partial charge in [0.05, 0.1) is 6.04 Å². The van der Waals surface area contributed by atoms with Crippen LogP contribution < -0.4 is 15.8 Å². The number of amides is 2. The average molecular weight is 371 g/mol. The van der Waals surface area contributed by atoms with Gasteiger partial charge in [0.15, 0.2) is 6.61 Å². The monoisotopic (exact) mass is 371 g/mol. The lowest BCUT2D eigenvalue weighted by Crippen LogP contribution is -2.35. The van der Waals surface area contributed by atoms with Crippen molar-refractivity contribution in [2.75, 3.05) is 18.5 Å². The third kappa shape index (κ3) is 4.55. The number of carbonyl (C=O) groups excluding carboxylic acids is 2. The second kappa shape index (κ2) is 8.07. The smallest absolute Gasteiger partial charge is 0.255 e. The minimum Gasteiger partial charge on any atom is -0.484 e. The fourth-order valence-corrected chi connectivity index (χ4v) is 3.17. The molecular formula is C20H22FN3O3. The Bertz CT molecular complexity index is 825. The van der Waals surface area contributed by atoms with Crippen LogP contribution in [0.2, 0.25) is 0 Å². The third-order valence-electron chi connectivity index (χ3n) is 4.62. The molecule has 0 aromatic heterocycles. The van der Waals surface area contributed by atoms with Crippen molar-refractivity contribution in [1.82, 2.24) is 4.90 Å². The summed E-state index contributed by atoms with van der Waals surface area (Å²) < 4.78 is 18.4.